The van der Waals surface area contributed by atoms with Crippen molar-refractivity contribution in [2.24, 2.45) is 0 Å². The number of aryl methyl sites for hydroxylation is 2. The number of methoxy groups -OCH3 is 1. The molecular formula is C25H28N4O4. The highest BCUT2D eigenvalue weighted by Crippen LogP contribution is 2.22. The highest BCUT2D eigenvalue weighted by Gasteiger charge is 2.28. The zero-order valence-electron chi connectivity index (χ0n) is 18.7. The van der Waals surface area contributed by atoms with Crippen molar-refractivity contribution in [3.63, 3.8) is 0 Å². The molecule has 2 N–H and O–H groups in total. The molecule has 0 aliphatic carbocycles. The first-order valence-corrected chi connectivity index (χ1v) is 11.1. The minimum absolute atomic E-state index is 0.0740. The van der Waals surface area contributed by atoms with Crippen molar-refractivity contribution in [1.82, 2.24) is 19.8 Å². The van der Waals surface area contributed by atoms with Crippen molar-refractivity contribution in [3.05, 3.63) is 93.2 Å². The van der Waals surface area contributed by atoms with Crippen LogP contribution in [0.5, 0.6) is 0 Å². The number of rotatable bonds is 8. The fourth-order valence-electron chi connectivity index (χ4n) is 4.17. The largest absolute Gasteiger partial charge is 0.383 e. The molecule has 1 aliphatic heterocycles. The Balaban J connectivity index is 1.65. The molecule has 8 heteroatoms. The topological polar surface area (TPSA) is 96.4 Å². The molecule has 1 aliphatic rings. The fourth-order valence-corrected chi connectivity index (χ4v) is 4.17. The highest BCUT2D eigenvalue weighted by atomic mass is 16.5. The van der Waals surface area contributed by atoms with Crippen LogP contribution in [0.4, 0.5) is 0 Å². The zero-order chi connectivity index (χ0) is 23.2. The summed E-state index contributed by atoms with van der Waals surface area (Å²) in [5.74, 6) is -0.470. The van der Waals surface area contributed by atoms with Crippen molar-refractivity contribution >= 4 is 11.8 Å². The normalized spacial score (nSPS) is 12.9. The molecule has 33 heavy (non-hydrogen) atoms. The van der Waals surface area contributed by atoms with E-state index >= 15 is 0 Å². The number of hydrogen-bond donors (Lipinski definition) is 2. The van der Waals surface area contributed by atoms with Gasteiger partial charge >= 0.3 is 0 Å². The molecule has 3 heterocycles. The molecule has 0 atom stereocenters. The summed E-state index contributed by atoms with van der Waals surface area (Å²) < 4.78 is 6.61. The molecule has 0 radical (unpaired) electrons. The second kappa shape index (κ2) is 10.3. The van der Waals surface area contributed by atoms with Gasteiger partial charge in [-0.05, 0) is 35.6 Å². The Kier molecular flexibility index (Phi) is 7.04. The summed E-state index contributed by atoms with van der Waals surface area (Å²) in [6, 6.07) is 11.6. The van der Waals surface area contributed by atoms with Gasteiger partial charge in [-0.25, -0.2) is 0 Å². The number of nitrogens with one attached hydrogen (secondary N) is 2. The average molecular weight is 449 g/mol. The van der Waals surface area contributed by atoms with Gasteiger partial charge in [-0.3, -0.25) is 14.4 Å². The van der Waals surface area contributed by atoms with Crippen LogP contribution >= 0.6 is 0 Å². The summed E-state index contributed by atoms with van der Waals surface area (Å²) in [5.41, 5.74) is 3.12. The molecular weight excluding hydrogens is 420 g/mol. The predicted octanol–water partition coefficient (Wildman–Crippen LogP) is 1.99. The van der Waals surface area contributed by atoms with Crippen LogP contribution < -0.4 is 10.9 Å². The molecule has 0 saturated heterocycles. The number of hydrogen-bond acceptors (Lipinski definition) is 4. The second-order valence-corrected chi connectivity index (χ2v) is 8.07. The van der Waals surface area contributed by atoms with E-state index in [-0.39, 0.29) is 17.0 Å². The smallest absolute Gasteiger partial charge is 0.263 e. The first-order chi connectivity index (χ1) is 16.1. The van der Waals surface area contributed by atoms with Crippen LogP contribution in [0.1, 0.15) is 37.4 Å². The molecule has 2 aromatic heterocycles. The van der Waals surface area contributed by atoms with E-state index in [0.29, 0.717) is 51.2 Å². The van der Waals surface area contributed by atoms with Gasteiger partial charge in [0.2, 0.25) is 0 Å². The molecule has 172 valence electrons. The third kappa shape index (κ3) is 5.06. The van der Waals surface area contributed by atoms with Gasteiger partial charge in [-0.1, -0.05) is 30.3 Å². The van der Waals surface area contributed by atoms with Crippen LogP contribution in [0.15, 0.2) is 59.8 Å². The van der Waals surface area contributed by atoms with Crippen LogP contribution in [0, 0.1) is 0 Å². The summed E-state index contributed by atoms with van der Waals surface area (Å²) in [7, 11) is 1.56. The number of pyridine rings is 1. The molecule has 3 aromatic rings. The van der Waals surface area contributed by atoms with Crippen LogP contribution in [0.3, 0.4) is 0 Å². The Morgan fingerprint density at radius 3 is 2.73 bits per heavy atom. The van der Waals surface area contributed by atoms with E-state index in [0.717, 1.165) is 16.7 Å². The van der Waals surface area contributed by atoms with Gasteiger partial charge in [0.05, 0.1) is 12.2 Å². The Labute approximate surface area is 192 Å². The molecule has 4 rings (SSSR count). The fraction of sp³-hybridized carbons (Fsp3) is 0.320. The summed E-state index contributed by atoms with van der Waals surface area (Å²) in [6.07, 6.45) is 6.31. The number of carbonyl (C=O) groups excluding carboxylic acids is 2. The standard InChI is InChI=1S/C25H28N4O4/c1-33-14-11-27-23(30)22-21-9-13-28(24(31)19-7-10-26-15-19)16-20(21)17-29(25(22)32)12-8-18-5-3-2-4-6-18/h2-7,10,15,17,26H,8-9,11-14,16H2,1H3,(H,27,30). The van der Waals surface area contributed by atoms with Gasteiger partial charge in [0.1, 0.15) is 5.56 Å². The van der Waals surface area contributed by atoms with Crippen LogP contribution in [0.2, 0.25) is 0 Å². The van der Waals surface area contributed by atoms with Crippen molar-refractivity contribution in [2.75, 3.05) is 26.8 Å². The van der Waals surface area contributed by atoms with E-state index < -0.39 is 5.91 Å². The maximum atomic E-state index is 13.3. The SMILES string of the molecule is COCCNC(=O)c1c2c(cn(CCc3ccccc3)c1=O)CN(C(=O)c1cc[nH]c1)CC2. The lowest BCUT2D eigenvalue weighted by Crippen LogP contribution is -2.42. The Hall–Kier alpha value is -3.65. The molecule has 2 amide bonds. The Morgan fingerprint density at radius 1 is 1.18 bits per heavy atom. The number of amides is 2. The van der Waals surface area contributed by atoms with Gasteiger partial charge in [0.25, 0.3) is 17.4 Å². The number of aromatic nitrogens is 2. The molecule has 0 bridgehead atoms. The first-order valence-electron chi connectivity index (χ1n) is 11.1. The average Bonchev–Trinajstić information content (AvgIpc) is 3.38. The predicted molar refractivity (Wildman–Crippen MR) is 124 cm³/mol. The van der Waals surface area contributed by atoms with Gasteiger partial charge in [-0.15, -0.1) is 0 Å². The molecule has 0 unspecified atom stereocenters. The lowest BCUT2D eigenvalue weighted by atomic mass is 9.95. The van der Waals surface area contributed by atoms with Crippen LogP contribution in [-0.4, -0.2) is 53.1 Å². The van der Waals surface area contributed by atoms with Crippen molar-refractivity contribution in [2.45, 2.75) is 25.9 Å². The molecule has 0 saturated carbocycles. The molecule has 1 aromatic carbocycles. The first kappa shape index (κ1) is 22.5. The summed E-state index contributed by atoms with van der Waals surface area (Å²) in [6.45, 7) is 1.93. The second-order valence-electron chi connectivity index (χ2n) is 8.07. The quantitative estimate of drug-likeness (QED) is 0.515. The number of benzene rings is 1. The van der Waals surface area contributed by atoms with Crippen LogP contribution in [-0.2, 0) is 30.7 Å². The van der Waals surface area contributed by atoms with Gasteiger partial charge < -0.3 is 24.5 Å². The maximum absolute atomic E-state index is 13.3. The van der Waals surface area contributed by atoms with Gasteiger partial charge in [0.15, 0.2) is 0 Å². The zero-order valence-corrected chi connectivity index (χ0v) is 18.7. The lowest BCUT2D eigenvalue weighted by Gasteiger charge is -2.30. The van der Waals surface area contributed by atoms with E-state index in [1.54, 1.807) is 35.0 Å². The van der Waals surface area contributed by atoms with Crippen molar-refractivity contribution in [3.8, 4) is 0 Å². The summed E-state index contributed by atoms with van der Waals surface area (Å²) >= 11 is 0. The van der Waals surface area contributed by atoms with Crippen LogP contribution in [0.25, 0.3) is 0 Å². The molecule has 0 fully saturated rings. The number of ether oxygens (including phenoxy) is 1. The number of nitrogens with zero attached hydrogens (tertiary/aromatic N) is 2. The molecule has 8 nitrogen and oxygen atoms in total. The van der Waals surface area contributed by atoms with Crippen molar-refractivity contribution < 1.29 is 14.3 Å². The monoisotopic (exact) mass is 448 g/mol. The Morgan fingerprint density at radius 2 is 2.00 bits per heavy atom. The minimum Gasteiger partial charge on any atom is -0.383 e. The minimum atomic E-state index is -0.396. The van der Waals surface area contributed by atoms with Gasteiger partial charge in [-0.2, -0.15) is 0 Å². The Bertz CT molecular complexity index is 1170. The summed E-state index contributed by atoms with van der Waals surface area (Å²) in [4.78, 5) is 43.8. The molecule has 0 spiro atoms. The number of carbonyl (C=O) groups is 2. The van der Waals surface area contributed by atoms with E-state index in [1.165, 1.54) is 0 Å². The maximum Gasteiger partial charge on any atom is 0.263 e. The number of H-pyrrole nitrogens is 1. The number of aromatic amines is 1. The van der Waals surface area contributed by atoms with Gasteiger partial charge in [0, 0.05) is 51.9 Å². The van der Waals surface area contributed by atoms with Crippen molar-refractivity contribution in [1.29, 1.82) is 0 Å². The third-order valence-electron chi connectivity index (χ3n) is 5.90. The van der Waals surface area contributed by atoms with E-state index in [1.807, 2.05) is 36.5 Å². The summed E-state index contributed by atoms with van der Waals surface area (Å²) in [5, 5.41) is 2.79. The third-order valence-corrected chi connectivity index (χ3v) is 5.90. The lowest BCUT2D eigenvalue weighted by molar-refractivity contribution is 0.0734. The highest BCUT2D eigenvalue weighted by molar-refractivity contribution is 5.96. The van der Waals surface area contributed by atoms with E-state index in [9.17, 15) is 14.4 Å². The number of fused-ring (bicyclic) bond motifs is 1. The van der Waals surface area contributed by atoms with E-state index in [4.69, 9.17) is 4.74 Å². The van der Waals surface area contributed by atoms with E-state index in [2.05, 4.69) is 10.3 Å².